The lowest BCUT2D eigenvalue weighted by Crippen LogP contribution is -2.11. The zero-order chi connectivity index (χ0) is 16.0. The van der Waals surface area contributed by atoms with Crippen LogP contribution in [0.25, 0.3) is 0 Å². The zero-order valence-corrected chi connectivity index (χ0v) is 13.5. The van der Waals surface area contributed by atoms with Crippen molar-refractivity contribution in [3.8, 4) is 0 Å². The van der Waals surface area contributed by atoms with Crippen molar-refractivity contribution in [3.05, 3.63) is 41.5 Å². The molecule has 2 N–H and O–H groups in total. The van der Waals surface area contributed by atoms with Crippen molar-refractivity contribution in [2.24, 2.45) is 5.14 Å². The van der Waals surface area contributed by atoms with Crippen molar-refractivity contribution in [3.63, 3.8) is 0 Å². The molecular weight excluding hydrogens is 314 g/mol. The predicted molar refractivity (Wildman–Crippen MR) is 83.4 cm³/mol. The standard InChI is InChI=1S/C16H19N3O3S/c17-23(20,21)12-7-5-10(6-8-12)13-9-14(13)16-18-15(19-22-16)11-3-1-2-4-11/h5-8,11,13-14H,1-4,9H2,(H2,17,20,21)/t13-,14+/m0/s1. The highest BCUT2D eigenvalue weighted by Gasteiger charge is 2.44. The van der Waals surface area contributed by atoms with Crippen molar-refractivity contribution >= 4 is 10.0 Å². The molecule has 0 spiro atoms. The second-order valence-electron chi connectivity index (χ2n) is 6.53. The Morgan fingerprint density at radius 2 is 1.78 bits per heavy atom. The van der Waals surface area contributed by atoms with Crippen LogP contribution in [0.2, 0.25) is 0 Å². The fourth-order valence-corrected chi connectivity index (χ4v) is 4.00. The third-order valence-electron chi connectivity index (χ3n) is 4.92. The van der Waals surface area contributed by atoms with Gasteiger partial charge in [-0.25, -0.2) is 13.6 Å². The highest BCUT2D eigenvalue weighted by molar-refractivity contribution is 7.89. The van der Waals surface area contributed by atoms with Gasteiger partial charge in [0.1, 0.15) is 0 Å². The van der Waals surface area contributed by atoms with Crippen molar-refractivity contribution in [1.29, 1.82) is 0 Å². The van der Waals surface area contributed by atoms with Crippen LogP contribution >= 0.6 is 0 Å². The Kier molecular flexibility index (Phi) is 3.50. The van der Waals surface area contributed by atoms with Gasteiger partial charge in [0.05, 0.1) is 4.90 Å². The fraction of sp³-hybridized carbons (Fsp3) is 0.500. The third-order valence-corrected chi connectivity index (χ3v) is 5.85. The lowest BCUT2D eigenvalue weighted by atomic mass is 10.1. The summed E-state index contributed by atoms with van der Waals surface area (Å²) in [5, 5.41) is 9.27. The summed E-state index contributed by atoms with van der Waals surface area (Å²) in [6.07, 6.45) is 5.76. The summed E-state index contributed by atoms with van der Waals surface area (Å²) in [4.78, 5) is 4.73. The lowest BCUT2D eigenvalue weighted by molar-refractivity contribution is 0.369. The van der Waals surface area contributed by atoms with Gasteiger partial charge in [-0.15, -0.1) is 0 Å². The molecule has 1 heterocycles. The molecular formula is C16H19N3O3S. The molecule has 0 aliphatic heterocycles. The van der Waals surface area contributed by atoms with Gasteiger partial charge >= 0.3 is 0 Å². The molecule has 2 atom stereocenters. The minimum Gasteiger partial charge on any atom is -0.339 e. The van der Waals surface area contributed by atoms with E-state index in [-0.39, 0.29) is 10.8 Å². The van der Waals surface area contributed by atoms with Crippen molar-refractivity contribution < 1.29 is 12.9 Å². The van der Waals surface area contributed by atoms with Gasteiger partial charge in [-0.2, -0.15) is 4.98 Å². The number of benzene rings is 1. The summed E-state index contributed by atoms with van der Waals surface area (Å²) in [7, 11) is -3.64. The maximum atomic E-state index is 11.3. The average Bonchev–Trinajstić information content (AvgIpc) is 2.94. The number of nitrogens with zero attached hydrogens (tertiary/aromatic N) is 2. The third kappa shape index (κ3) is 2.90. The molecule has 1 aromatic carbocycles. The molecule has 6 nitrogen and oxygen atoms in total. The summed E-state index contributed by atoms with van der Waals surface area (Å²) in [6.45, 7) is 0. The average molecular weight is 333 g/mol. The van der Waals surface area contributed by atoms with E-state index >= 15 is 0 Å². The van der Waals surface area contributed by atoms with Crippen LogP contribution in [-0.4, -0.2) is 18.6 Å². The molecule has 1 aromatic heterocycles. The van der Waals surface area contributed by atoms with Crippen LogP contribution in [0.1, 0.15) is 67.1 Å². The van der Waals surface area contributed by atoms with Gasteiger partial charge in [-0.05, 0) is 42.9 Å². The Hall–Kier alpha value is -1.73. The van der Waals surface area contributed by atoms with Crippen molar-refractivity contribution in [1.82, 2.24) is 10.1 Å². The molecule has 2 saturated carbocycles. The number of aromatic nitrogens is 2. The number of sulfonamides is 1. The number of hydrogen-bond donors (Lipinski definition) is 1. The van der Waals surface area contributed by atoms with Gasteiger partial charge in [-0.1, -0.05) is 30.1 Å². The second-order valence-corrected chi connectivity index (χ2v) is 8.10. The molecule has 2 fully saturated rings. The van der Waals surface area contributed by atoms with Gasteiger partial charge in [0.15, 0.2) is 5.82 Å². The molecule has 122 valence electrons. The smallest absolute Gasteiger partial charge is 0.238 e. The highest BCUT2D eigenvalue weighted by Crippen LogP contribution is 2.54. The minimum absolute atomic E-state index is 0.139. The first-order valence-corrected chi connectivity index (χ1v) is 9.53. The molecule has 0 saturated heterocycles. The molecule has 2 aliphatic carbocycles. The Morgan fingerprint density at radius 1 is 1.09 bits per heavy atom. The minimum atomic E-state index is -3.64. The molecule has 0 unspecified atom stereocenters. The zero-order valence-electron chi connectivity index (χ0n) is 12.7. The second kappa shape index (κ2) is 5.42. The molecule has 2 aromatic rings. The first-order valence-electron chi connectivity index (χ1n) is 7.98. The summed E-state index contributed by atoms with van der Waals surface area (Å²) >= 11 is 0. The van der Waals surface area contributed by atoms with E-state index in [1.54, 1.807) is 12.1 Å². The Balaban J connectivity index is 1.47. The van der Waals surface area contributed by atoms with Crippen molar-refractivity contribution in [2.75, 3.05) is 0 Å². The number of primary sulfonamides is 1. The van der Waals surface area contributed by atoms with Crippen LogP contribution in [0.15, 0.2) is 33.7 Å². The molecule has 23 heavy (non-hydrogen) atoms. The monoisotopic (exact) mass is 333 g/mol. The summed E-state index contributed by atoms with van der Waals surface area (Å²) in [5.74, 6) is 2.60. The number of nitrogens with two attached hydrogens (primary N) is 1. The quantitative estimate of drug-likeness (QED) is 0.927. The van der Waals surface area contributed by atoms with E-state index in [0.29, 0.717) is 17.7 Å². The normalized spacial score (nSPS) is 24.9. The van der Waals surface area contributed by atoms with E-state index in [1.807, 2.05) is 12.1 Å². The van der Waals surface area contributed by atoms with Crippen LogP contribution in [0.4, 0.5) is 0 Å². The van der Waals surface area contributed by atoms with Gasteiger partial charge < -0.3 is 4.52 Å². The van der Waals surface area contributed by atoms with E-state index in [4.69, 9.17) is 9.66 Å². The molecule has 0 radical (unpaired) electrons. The van der Waals surface area contributed by atoms with E-state index in [0.717, 1.165) is 30.7 Å². The first-order chi connectivity index (χ1) is 11.0. The van der Waals surface area contributed by atoms with Crippen LogP contribution < -0.4 is 5.14 Å². The van der Waals surface area contributed by atoms with Gasteiger partial charge in [0, 0.05) is 11.8 Å². The largest absolute Gasteiger partial charge is 0.339 e. The van der Waals surface area contributed by atoms with Crippen LogP contribution in [0.3, 0.4) is 0 Å². The predicted octanol–water partition coefficient (Wildman–Crippen LogP) is 2.65. The first kappa shape index (κ1) is 14.8. The SMILES string of the molecule is NS(=O)(=O)c1ccc([C@@H]2C[C@H]2c2nc(C3CCCC3)no2)cc1. The van der Waals surface area contributed by atoms with Crippen LogP contribution in [0.5, 0.6) is 0 Å². The topological polar surface area (TPSA) is 99.1 Å². The highest BCUT2D eigenvalue weighted by atomic mass is 32.2. The maximum Gasteiger partial charge on any atom is 0.238 e. The summed E-state index contributed by atoms with van der Waals surface area (Å²) < 4.78 is 28.0. The Labute approximate surface area is 135 Å². The van der Waals surface area contributed by atoms with Gasteiger partial charge in [-0.3, -0.25) is 0 Å². The maximum absolute atomic E-state index is 11.3. The number of hydrogen-bond acceptors (Lipinski definition) is 5. The van der Waals surface area contributed by atoms with Crippen LogP contribution in [-0.2, 0) is 10.0 Å². The Morgan fingerprint density at radius 3 is 2.43 bits per heavy atom. The number of rotatable bonds is 4. The van der Waals surface area contributed by atoms with E-state index in [9.17, 15) is 8.42 Å². The summed E-state index contributed by atoms with van der Waals surface area (Å²) in [6, 6.07) is 6.74. The van der Waals surface area contributed by atoms with E-state index in [1.165, 1.54) is 12.8 Å². The molecule has 0 bridgehead atoms. The van der Waals surface area contributed by atoms with Gasteiger partial charge in [0.2, 0.25) is 15.9 Å². The molecule has 4 rings (SSSR count). The summed E-state index contributed by atoms with van der Waals surface area (Å²) in [5.41, 5.74) is 1.09. The Bertz CT molecular complexity index is 807. The molecule has 2 aliphatic rings. The van der Waals surface area contributed by atoms with Crippen molar-refractivity contribution in [2.45, 2.75) is 54.8 Å². The molecule has 7 heteroatoms. The lowest BCUT2D eigenvalue weighted by Gasteiger charge is -2.01. The van der Waals surface area contributed by atoms with E-state index < -0.39 is 10.0 Å². The molecule has 0 amide bonds. The van der Waals surface area contributed by atoms with Crippen LogP contribution in [0, 0.1) is 0 Å². The van der Waals surface area contributed by atoms with Gasteiger partial charge in [0.25, 0.3) is 0 Å². The van der Waals surface area contributed by atoms with E-state index in [2.05, 4.69) is 10.1 Å². The fourth-order valence-electron chi connectivity index (χ4n) is 3.49.